The third-order valence-electron chi connectivity index (χ3n) is 1.84. The lowest BCUT2D eigenvalue weighted by molar-refractivity contribution is 0.392. The lowest BCUT2D eigenvalue weighted by Gasteiger charge is -1.97. The molecule has 0 aliphatic carbocycles. The van der Waals surface area contributed by atoms with E-state index in [1.165, 1.54) is 0 Å². The number of nitrogens with zero attached hydrogens (tertiary/aromatic N) is 1. The van der Waals surface area contributed by atoms with E-state index in [9.17, 15) is 0 Å². The van der Waals surface area contributed by atoms with E-state index in [-0.39, 0.29) is 0 Å². The monoisotopic (exact) mass is 252 g/mol. The molecule has 2 aromatic rings. The maximum atomic E-state index is 5.45. The van der Waals surface area contributed by atoms with Crippen LogP contribution in [0.25, 0.3) is 0 Å². The van der Waals surface area contributed by atoms with Gasteiger partial charge in [0.1, 0.15) is 5.76 Å². The SMILES string of the molecule is Nc1cc(Cc2cccc(Br)c2)on1. The molecule has 14 heavy (non-hydrogen) atoms. The molecule has 0 aliphatic heterocycles. The number of anilines is 1. The molecule has 2 N–H and O–H groups in total. The zero-order chi connectivity index (χ0) is 9.97. The second kappa shape index (κ2) is 3.84. The molecule has 0 unspecified atom stereocenters. The van der Waals surface area contributed by atoms with Crippen LogP contribution in [0.1, 0.15) is 11.3 Å². The minimum absolute atomic E-state index is 0.426. The van der Waals surface area contributed by atoms with Crippen LogP contribution in [0, 0.1) is 0 Å². The topological polar surface area (TPSA) is 52.0 Å². The average Bonchev–Trinajstić information content (AvgIpc) is 2.51. The number of hydrogen-bond acceptors (Lipinski definition) is 3. The van der Waals surface area contributed by atoms with Gasteiger partial charge in [-0.15, -0.1) is 0 Å². The standard InChI is InChI=1S/C10H9BrN2O/c11-8-3-1-2-7(4-8)5-9-6-10(12)13-14-9/h1-4,6H,5H2,(H2,12,13). The molecular formula is C10H9BrN2O. The van der Waals surface area contributed by atoms with Gasteiger partial charge in [0.05, 0.1) is 0 Å². The fourth-order valence-electron chi connectivity index (χ4n) is 1.26. The Kier molecular flexibility index (Phi) is 2.54. The van der Waals surface area contributed by atoms with Crippen molar-refractivity contribution in [3.63, 3.8) is 0 Å². The first kappa shape index (κ1) is 9.27. The minimum atomic E-state index is 0.426. The first-order chi connectivity index (χ1) is 6.74. The van der Waals surface area contributed by atoms with Crippen LogP contribution in [-0.4, -0.2) is 5.16 Å². The fourth-order valence-corrected chi connectivity index (χ4v) is 1.71. The Bertz CT molecular complexity index is 439. The Morgan fingerprint density at radius 1 is 1.36 bits per heavy atom. The predicted octanol–water partition coefficient (Wildman–Crippen LogP) is 2.61. The third-order valence-corrected chi connectivity index (χ3v) is 2.34. The van der Waals surface area contributed by atoms with Gasteiger partial charge in [0.25, 0.3) is 0 Å². The summed E-state index contributed by atoms with van der Waals surface area (Å²) in [7, 11) is 0. The lowest BCUT2D eigenvalue weighted by Crippen LogP contribution is -1.85. The van der Waals surface area contributed by atoms with Crippen LogP contribution < -0.4 is 5.73 Å². The number of benzene rings is 1. The van der Waals surface area contributed by atoms with Crippen LogP contribution in [-0.2, 0) is 6.42 Å². The van der Waals surface area contributed by atoms with Crippen LogP contribution in [0.2, 0.25) is 0 Å². The van der Waals surface area contributed by atoms with E-state index in [2.05, 4.69) is 21.1 Å². The summed E-state index contributed by atoms with van der Waals surface area (Å²) in [5, 5.41) is 3.63. The molecule has 0 spiro atoms. The Balaban J connectivity index is 2.18. The van der Waals surface area contributed by atoms with Gasteiger partial charge in [-0.25, -0.2) is 0 Å². The maximum absolute atomic E-state index is 5.45. The van der Waals surface area contributed by atoms with E-state index in [1.807, 2.05) is 24.3 Å². The van der Waals surface area contributed by atoms with E-state index in [0.717, 1.165) is 15.8 Å². The highest BCUT2D eigenvalue weighted by Gasteiger charge is 2.02. The largest absolute Gasteiger partial charge is 0.381 e. The van der Waals surface area contributed by atoms with Gasteiger partial charge in [-0.05, 0) is 17.7 Å². The molecule has 0 aliphatic rings. The molecule has 0 atom stereocenters. The van der Waals surface area contributed by atoms with E-state index >= 15 is 0 Å². The first-order valence-electron chi connectivity index (χ1n) is 4.19. The van der Waals surface area contributed by atoms with Crippen molar-refractivity contribution in [2.45, 2.75) is 6.42 Å². The second-order valence-electron chi connectivity index (χ2n) is 3.02. The number of hydrogen-bond donors (Lipinski definition) is 1. The Morgan fingerprint density at radius 2 is 2.21 bits per heavy atom. The van der Waals surface area contributed by atoms with Crippen LogP contribution >= 0.6 is 15.9 Å². The molecule has 4 heteroatoms. The number of rotatable bonds is 2. The molecule has 3 nitrogen and oxygen atoms in total. The van der Waals surface area contributed by atoms with Crippen molar-refractivity contribution in [2.24, 2.45) is 0 Å². The quantitative estimate of drug-likeness (QED) is 0.894. The van der Waals surface area contributed by atoms with Crippen molar-refractivity contribution in [3.8, 4) is 0 Å². The molecule has 1 aromatic heterocycles. The van der Waals surface area contributed by atoms with Crippen molar-refractivity contribution < 1.29 is 4.52 Å². The second-order valence-corrected chi connectivity index (χ2v) is 3.94. The highest BCUT2D eigenvalue weighted by atomic mass is 79.9. The molecule has 1 aromatic carbocycles. The smallest absolute Gasteiger partial charge is 0.167 e. The zero-order valence-corrected chi connectivity index (χ0v) is 8.99. The summed E-state index contributed by atoms with van der Waals surface area (Å²) in [6.45, 7) is 0. The summed E-state index contributed by atoms with van der Waals surface area (Å²) in [4.78, 5) is 0. The summed E-state index contributed by atoms with van der Waals surface area (Å²) in [5.41, 5.74) is 6.61. The summed E-state index contributed by atoms with van der Waals surface area (Å²) in [6, 6.07) is 9.78. The van der Waals surface area contributed by atoms with Gasteiger partial charge < -0.3 is 10.3 Å². The molecule has 0 saturated heterocycles. The van der Waals surface area contributed by atoms with E-state index in [4.69, 9.17) is 10.3 Å². The molecule has 1 heterocycles. The van der Waals surface area contributed by atoms with Gasteiger partial charge in [0.2, 0.25) is 0 Å². The van der Waals surface area contributed by atoms with Crippen molar-refractivity contribution >= 4 is 21.7 Å². The lowest BCUT2D eigenvalue weighted by atomic mass is 10.1. The van der Waals surface area contributed by atoms with Crippen molar-refractivity contribution in [3.05, 3.63) is 46.1 Å². The number of nitrogens with two attached hydrogens (primary N) is 1. The van der Waals surface area contributed by atoms with E-state index in [1.54, 1.807) is 6.07 Å². The average molecular weight is 253 g/mol. The number of aromatic nitrogens is 1. The molecule has 72 valence electrons. The van der Waals surface area contributed by atoms with Crippen molar-refractivity contribution in [1.82, 2.24) is 5.16 Å². The highest BCUT2D eigenvalue weighted by Crippen LogP contribution is 2.16. The summed E-state index contributed by atoms with van der Waals surface area (Å²) < 4.78 is 6.08. The van der Waals surface area contributed by atoms with Gasteiger partial charge in [-0.2, -0.15) is 0 Å². The van der Waals surface area contributed by atoms with Crippen molar-refractivity contribution in [1.29, 1.82) is 0 Å². The molecule has 0 saturated carbocycles. The maximum Gasteiger partial charge on any atom is 0.167 e. The number of nitrogen functional groups attached to an aromatic ring is 1. The highest BCUT2D eigenvalue weighted by molar-refractivity contribution is 9.10. The van der Waals surface area contributed by atoms with Gasteiger partial charge in [0, 0.05) is 17.0 Å². The summed E-state index contributed by atoms with van der Waals surface area (Å²) in [5.74, 6) is 1.20. The molecular weight excluding hydrogens is 244 g/mol. The first-order valence-corrected chi connectivity index (χ1v) is 4.99. The van der Waals surface area contributed by atoms with Crippen LogP contribution in [0.15, 0.2) is 39.3 Å². The van der Waals surface area contributed by atoms with Gasteiger partial charge >= 0.3 is 0 Å². The van der Waals surface area contributed by atoms with Crippen molar-refractivity contribution in [2.75, 3.05) is 5.73 Å². The summed E-state index contributed by atoms with van der Waals surface area (Å²) in [6.07, 6.45) is 0.712. The Hall–Kier alpha value is -1.29. The Labute approximate surface area is 90.0 Å². The van der Waals surface area contributed by atoms with Gasteiger partial charge in [0.15, 0.2) is 5.82 Å². The van der Waals surface area contributed by atoms with Crippen LogP contribution in [0.5, 0.6) is 0 Å². The van der Waals surface area contributed by atoms with Gasteiger partial charge in [-0.3, -0.25) is 0 Å². The molecule has 0 amide bonds. The molecule has 0 radical (unpaired) electrons. The summed E-state index contributed by atoms with van der Waals surface area (Å²) >= 11 is 3.41. The van der Waals surface area contributed by atoms with Crippen LogP contribution in [0.3, 0.4) is 0 Å². The van der Waals surface area contributed by atoms with E-state index < -0.39 is 0 Å². The zero-order valence-electron chi connectivity index (χ0n) is 7.40. The van der Waals surface area contributed by atoms with Gasteiger partial charge in [-0.1, -0.05) is 33.2 Å². The molecule has 0 fully saturated rings. The predicted molar refractivity (Wildman–Crippen MR) is 57.9 cm³/mol. The Morgan fingerprint density at radius 3 is 2.86 bits per heavy atom. The normalized spacial score (nSPS) is 10.4. The minimum Gasteiger partial charge on any atom is -0.381 e. The van der Waals surface area contributed by atoms with Crippen LogP contribution in [0.4, 0.5) is 5.82 Å². The third kappa shape index (κ3) is 2.14. The van der Waals surface area contributed by atoms with E-state index in [0.29, 0.717) is 12.2 Å². The fraction of sp³-hybridized carbons (Fsp3) is 0.100. The molecule has 2 rings (SSSR count). The number of halogens is 1. The molecule has 0 bridgehead atoms.